The molecule has 5 aliphatic carbocycles. The maximum atomic E-state index is 12.1. The Bertz CT molecular complexity index is 1320. The van der Waals surface area contributed by atoms with Crippen LogP contribution in [-0.2, 0) is 4.74 Å². The molecule has 4 fully saturated rings. The standard InChI is InChI=1S/C41H61NO2/c1-26(2)25-42-41-22-17-30(27(3)4)35(41)32-15-16-34-38(7)20-18-31(28-11-13-29(14-12-28)36(43)44-10)37(5,6)33(38)19-21-40(34,9)39(32,8)23-24-41/h11-14,18,26,30,32-35,42H,3,15-17,19-25H2,1-2,4-10H3/t30-,32+,33-,34+,35+,38-,39+,40+,41-/m0/s1. The van der Waals surface area contributed by atoms with E-state index in [1.54, 1.807) is 0 Å². The van der Waals surface area contributed by atoms with Crippen molar-refractivity contribution in [2.45, 2.75) is 119 Å². The summed E-state index contributed by atoms with van der Waals surface area (Å²) < 4.78 is 4.96. The highest BCUT2D eigenvalue weighted by molar-refractivity contribution is 5.89. The van der Waals surface area contributed by atoms with Crippen LogP contribution < -0.4 is 5.32 Å². The second kappa shape index (κ2) is 10.9. The number of benzene rings is 1. The predicted octanol–water partition coefficient (Wildman–Crippen LogP) is 10.1. The van der Waals surface area contributed by atoms with Gasteiger partial charge in [0.25, 0.3) is 0 Å². The molecule has 0 spiro atoms. The van der Waals surface area contributed by atoms with Crippen LogP contribution >= 0.6 is 0 Å². The van der Waals surface area contributed by atoms with Gasteiger partial charge in [-0.15, -0.1) is 0 Å². The lowest BCUT2D eigenvalue weighted by atomic mass is 9.33. The van der Waals surface area contributed by atoms with Gasteiger partial charge in [0.1, 0.15) is 0 Å². The summed E-state index contributed by atoms with van der Waals surface area (Å²) in [6.07, 6.45) is 14.5. The fourth-order valence-corrected chi connectivity index (χ4v) is 12.9. The molecular weight excluding hydrogens is 538 g/mol. The number of carbonyl (C=O) groups is 1. The predicted molar refractivity (Wildman–Crippen MR) is 183 cm³/mol. The molecule has 1 aromatic rings. The molecule has 0 bridgehead atoms. The lowest BCUT2D eigenvalue weighted by Crippen LogP contribution is -2.68. The van der Waals surface area contributed by atoms with Gasteiger partial charge in [0.15, 0.2) is 0 Å². The van der Waals surface area contributed by atoms with E-state index in [9.17, 15) is 4.79 Å². The van der Waals surface area contributed by atoms with E-state index < -0.39 is 0 Å². The monoisotopic (exact) mass is 599 g/mol. The highest BCUT2D eigenvalue weighted by Crippen LogP contribution is 2.76. The summed E-state index contributed by atoms with van der Waals surface area (Å²) in [5, 5.41) is 4.24. The molecule has 44 heavy (non-hydrogen) atoms. The Labute approximate surface area is 269 Å². The van der Waals surface area contributed by atoms with Crippen molar-refractivity contribution in [2.24, 2.45) is 57.2 Å². The topological polar surface area (TPSA) is 38.3 Å². The Morgan fingerprint density at radius 1 is 0.932 bits per heavy atom. The number of rotatable bonds is 6. The first kappa shape index (κ1) is 32.1. The third kappa shape index (κ3) is 4.48. The van der Waals surface area contributed by atoms with E-state index in [1.807, 2.05) is 12.1 Å². The van der Waals surface area contributed by atoms with E-state index in [-0.39, 0.29) is 11.4 Å². The van der Waals surface area contributed by atoms with Gasteiger partial charge >= 0.3 is 5.97 Å². The number of fused-ring (bicyclic) bond motifs is 7. The summed E-state index contributed by atoms with van der Waals surface area (Å²) in [4.78, 5) is 12.1. The maximum absolute atomic E-state index is 12.1. The Morgan fingerprint density at radius 2 is 1.64 bits per heavy atom. The summed E-state index contributed by atoms with van der Waals surface area (Å²) in [5.74, 6) is 3.98. The molecule has 0 aromatic heterocycles. The summed E-state index contributed by atoms with van der Waals surface area (Å²) in [5.41, 5.74) is 6.20. The SMILES string of the molecule is C=C(C)[C@@H]1CC[C@]2(NCC(C)C)CC[C@]3(C)[C@H](CC[C@@H]4[C@@]5(C)CC=C(c6ccc(C(=O)OC)cc6)C(C)(C)[C@@H]5CC[C@]43C)[C@@H]12. The second-order valence-electron chi connectivity index (χ2n) is 17.7. The zero-order valence-corrected chi connectivity index (χ0v) is 29.4. The van der Waals surface area contributed by atoms with Crippen molar-refractivity contribution in [2.75, 3.05) is 13.7 Å². The van der Waals surface area contributed by atoms with Crippen molar-refractivity contribution in [3.05, 3.63) is 53.6 Å². The molecule has 9 atom stereocenters. The van der Waals surface area contributed by atoms with Gasteiger partial charge in [0.05, 0.1) is 12.7 Å². The molecule has 242 valence electrons. The average molecular weight is 600 g/mol. The Balaban J connectivity index is 1.33. The van der Waals surface area contributed by atoms with Crippen LogP contribution in [0.3, 0.4) is 0 Å². The molecule has 0 radical (unpaired) electrons. The molecule has 3 heteroatoms. The largest absolute Gasteiger partial charge is 0.465 e. The van der Waals surface area contributed by atoms with E-state index in [2.05, 4.69) is 85.5 Å². The molecule has 3 nitrogen and oxygen atoms in total. The van der Waals surface area contributed by atoms with Crippen molar-refractivity contribution in [3.63, 3.8) is 0 Å². The van der Waals surface area contributed by atoms with Crippen LogP contribution in [0.4, 0.5) is 0 Å². The fourth-order valence-electron chi connectivity index (χ4n) is 12.9. The molecule has 0 unspecified atom stereocenters. The fraction of sp³-hybridized carbons (Fsp3) is 0.732. The third-order valence-electron chi connectivity index (χ3n) is 15.1. The third-order valence-corrected chi connectivity index (χ3v) is 15.1. The molecule has 0 amide bonds. The molecule has 0 aliphatic heterocycles. The Hall–Kier alpha value is -1.87. The quantitative estimate of drug-likeness (QED) is 0.261. The van der Waals surface area contributed by atoms with Crippen LogP contribution in [0.2, 0.25) is 0 Å². The minimum Gasteiger partial charge on any atom is -0.465 e. The van der Waals surface area contributed by atoms with Crippen molar-refractivity contribution in [1.29, 1.82) is 0 Å². The van der Waals surface area contributed by atoms with Crippen LogP contribution in [0.5, 0.6) is 0 Å². The molecule has 1 aromatic carbocycles. The smallest absolute Gasteiger partial charge is 0.337 e. The summed E-state index contributed by atoms with van der Waals surface area (Å²) in [6.45, 7) is 26.0. The van der Waals surface area contributed by atoms with E-state index in [1.165, 1.54) is 75.2 Å². The van der Waals surface area contributed by atoms with Gasteiger partial charge in [-0.1, -0.05) is 78.8 Å². The summed E-state index contributed by atoms with van der Waals surface area (Å²) in [7, 11) is 1.45. The average Bonchev–Trinajstić information content (AvgIpc) is 3.36. The van der Waals surface area contributed by atoms with Crippen LogP contribution in [0, 0.1) is 57.2 Å². The van der Waals surface area contributed by atoms with E-state index in [4.69, 9.17) is 4.74 Å². The molecule has 0 heterocycles. The molecular formula is C41H61NO2. The van der Waals surface area contributed by atoms with Gasteiger partial charge in [-0.3, -0.25) is 0 Å². The maximum Gasteiger partial charge on any atom is 0.337 e. The lowest BCUT2D eigenvalue weighted by Gasteiger charge is -2.72. The number of hydrogen-bond donors (Lipinski definition) is 1. The summed E-state index contributed by atoms with van der Waals surface area (Å²) >= 11 is 0. The number of carbonyl (C=O) groups excluding carboxylic acids is 1. The Kier molecular flexibility index (Phi) is 7.91. The van der Waals surface area contributed by atoms with Gasteiger partial charge < -0.3 is 10.1 Å². The van der Waals surface area contributed by atoms with Gasteiger partial charge in [0.2, 0.25) is 0 Å². The van der Waals surface area contributed by atoms with Crippen LogP contribution in [0.25, 0.3) is 5.57 Å². The van der Waals surface area contributed by atoms with Crippen molar-refractivity contribution >= 4 is 11.5 Å². The number of allylic oxidation sites excluding steroid dienone is 3. The molecule has 5 aliphatic rings. The van der Waals surface area contributed by atoms with Crippen molar-refractivity contribution < 1.29 is 9.53 Å². The first-order valence-electron chi connectivity index (χ1n) is 17.9. The van der Waals surface area contributed by atoms with Gasteiger partial charge in [-0.25, -0.2) is 4.79 Å². The van der Waals surface area contributed by atoms with E-state index in [0.29, 0.717) is 45.1 Å². The summed E-state index contributed by atoms with van der Waals surface area (Å²) in [6, 6.07) is 8.16. The number of ether oxygens (including phenoxy) is 1. The Morgan fingerprint density at radius 3 is 2.27 bits per heavy atom. The van der Waals surface area contributed by atoms with Crippen molar-refractivity contribution in [1.82, 2.24) is 5.32 Å². The van der Waals surface area contributed by atoms with Crippen LogP contribution in [-0.4, -0.2) is 25.2 Å². The molecule has 4 saturated carbocycles. The van der Waals surface area contributed by atoms with Crippen LogP contribution in [0.15, 0.2) is 42.5 Å². The van der Waals surface area contributed by atoms with Gasteiger partial charge in [0, 0.05) is 5.54 Å². The normalized spacial score (nSPS) is 42.4. The number of hydrogen-bond acceptors (Lipinski definition) is 3. The highest BCUT2D eigenvalue weighted by atomic mass is 16.5. The van der Waals surface area contributed by atoms with E-state index >= 15 is 0 Å². The minimum absolute atomic E-state index is 0.0812. The second-order valence-corrected chi connectivity index (χ2v) is 17.7. The first-order chi connectivity index (χ1) is 20.6. The van der Waals surface area contributed by atoms with Crippen molar-refractivity contribution in [3.8, 4) is 0 Å². The van der Waals surface area contributed by atoms with Crippen LogP contribution in [0.1, 0.15) is 129 Å². The number of nitrogens with one attached hydrogen (secondary N) is 1. The number of esters is 1. The lowest BCUT2D eigenvalue weighted by molar-refractivity contribution is -0.219. The zero-order valence-electron chi connectivity index (χ0n) is 29.4. The van der Waals surface area contributed by atoms with Gasteiger partial charge in [-0.2, -0.15) is 0 Å². The minimum atomic E-state index is -0.264. The molecule has 1 N–H and O–H groups in total. The highest BCUT2D eigenvalue weighted by Gasteiger charge is 2.70. The van der Waals surface area contributed by atoms with Gasteiger partial charge in [-0.05, 0) is 152 Å². The molecule has 0 saturated heterocycles. The molecule has 6 rings (SSSR count). The van der Waals surface area contributed by atoms with E-state index in [0.717, 1.165) is 30.7 Å². The zero-order chi connectivity index (χ0) is 31.9. The number of methoxy groups -OCH3 is 1. The first-order valence-corrected chi connectivity index (χ1v) is 17.9.